The first-order valence-corrected chi connectivity index (χ1v) is 6.30. The normalized spacial score (nSPS) is 10.4. The molecule has 0 atom stereocenters. The summed E-state index contributed by atoms with van der Waals surface area (Å²) in [5.74, 6) is 0. The zero-order valence-corrected chi connectivity index (χ0v) is 10.9. The van der Waals surface area contributed by atoms with Gasteiger partial charge in [0, 0.05) is 34.5 Å². The predicted octanol–water partition coefficient (Wildman–Crippen LogP) is 4.27. The molecule has 1 aromatic heterocycles. The van der Waals surface area contributed by atoms with Gasteiger partial charge in [-0.1, -0.05) is 17.7 Å². The Bertz CT molecular complexity index is 660. The molecule has 0 aliphatic heterocycles. The number of rotatable bonds is 3. The third-order valence-corrected chi connectivity index (χ3v) is 3.03. The van der Waals surface area contributed by atoms with Crippen molar-refractivity contribution in [2.75, 3.05) is 5.32 Å². The lowest BCUT2D eigenvalue weighted by Gasteiger charge is -2.09. The second kappa shape index (κ2) is 5.16. The number of benzene rings is 2. The van der Waals surface area contributed by atoms with E-state index >= 15 is 0 Å². The molecule has 0 aliphatic rings. The molecule has 0 radical (unpaired) electrons. The minimum absolute atomic E-state index is 0.734. The van der Waals surface area contributed by atoms with Gasteiger partial charge >= 0.3 is 0 Å². The minimum Gasteiger partial charge on any atom is -0.355 e. The maximum atomic E-state index is 5.87. The van der Waals surface area contributed by atoms with Crippen molar-refractivity contribution in [1.29, 1.82) is 0 Å². The molecule has 0 saturated heterocycles. The van der Waals surface area contributed by atoms with E-state index in [4.69, 9.17) is 11.6 Å². The van der Waals surface area contributed by atoms with E-state index in [0.717, 1.165) is 22.1 Å². The molecule has 1 heterocycles. The predicted molar refractivity (Wildman–Crippen MR) is 78.3 cm³/mol. The molecule has 0 amide bonds. The first kappa shape index (κ1) is 11.8. The standard InChI is InChI=1S/C15H12ClN3/c16-12-4-6-13(7-5-12)18-14-2-1-3-15(10-14)19-9-8-17-11-19/h1-11,18H. The van der Waals surface area contributed by atoms with E-state index in [1.54, 1.807) is 12.5 Å². The molecule has 0 unspecified atom stereocenters. The topological polar surface area (TPSA) is 29.9 Å². The van der Waals surface area contributed by atoms with Crippen LogP contribution in [0.15, 0.2) is 67.3 Å². The summed E-state index contributed by atoms with van der Waals surface area (Å²) in [6.45, 7) is 0. The number of imidazole rings is 1. The third-order valence-electron chi connectivity index (χ3n) is 2.78. The molecule has 19 heavy (non-hydrogen) atoms. The number of nitrogens with one attached hydrogen (secondary N) is 1. The van der Waals surface area contributed by atoms with E-state index in [1.165, 1.54) is 0 Å². The average molecular weight is 270 g/mol. The van der Waals surface area contributed by atoms with E-state index in [1.807, 2.05) is 53.2 Å². The Balaban J connectivity index is 1.85. The monoisotopic (exact) mass is 269 g/mol. The summed E-state index contributed by atoms with van der Waals surface area (Å²) in [5.41, 5.74) is 3.09. The van der Waals surface area contributed by atoms with Crippen molar-refractivity contribution in [2.24, 2.45) is 0 Å². The average Bonchev–Trinajstić information content (AvgIpc) is 2.96. The van der Waals surface area contributed by atoms with Crippen molar-refractivity contribution < 1.29 is 0 Å². The van der Waals surface area contributed by atoms with Crippen LogP contribution in [0.5, 0.6) is 0 Å². The van der Waals surface area contributed by atoms with Crippen LogP contribution in [-0.2, 0) is 0 Å². The zero-order valence-electron chi connectivity index (χ0n) is 10.1. The molecule has 0 bridgehead atoms. The zero-order chi connectivity index (χ0) is 13.1. The quantitative estimate of drug-likeness (QED) is 0.769. The van der Waals surface area contributed by atoms with E-state index < -0.39 is 0 Å². The lowest BCUT2D eigenvalue weighted by atomic mass is 10.2. The molecular formula is C15H12ClN3. The summed E-state index contributed by atoms with van der Waals surface area (Å²) >= 11 is 5.87. The molecule has 4 heteroatoms. The highest BCUT2D eigenvalue weighted by Gasteiger charge is 1.99. The highest BCUT2D eigenvalue weighted by Crippen LogP contribution is 2.21. The molecule has 0 saturated carbocycles. The highest BCUT2D eigenvalue weighted by molar-refractivity contribution is 6.30. The minimum atomic E-state index is 0.734. The lowest BCUT2D eigenvalue weighted by molar-refractivity contribution is 1.06. The van der Waals surface area contributed by atoms with Crippen LogP contribution in [0, 0.1) is 0 Å². The van der Waals surface area contributed by atoms with Gasteiger partial charge in [0.2, 0.25) is 0 Å². The van der Waals surface area contributed by atoms with Gasteiger partial charge in [0.15, 0.2) is 0 Å². The SMILES string of the molecule is Clc1ccc(Nc2cccc(-n3ccnc3)c2)cc1. The Morgan fingerprint density at radius 3 is 2.58 bits per heavy atom. The molecule has 3 aromatic rings. The van der Waals surface area contributed by atoms with Crippen molar-refractivity contribution in [2.45, 2.75) is 0 Å². The van der Waals surface area contributed by atoms with Gasteiger partial charge in [0.05, 0.1) is 6.33 Å². The Morgan fingerprint density at radius 2 is 1.84 bits per heavy atom. The first-order chi connectivity index (χ1) is 9.31. The van der Waals surface area contributed by atoms with Gasteiger partial charge in [-0.15, -0.1) is 0 Å². The van der Waals surface area contributed by atoms with Crippen LogP contribution in [-0.4, -0.2) is 9.55 Å². The number of nitrogens with zero attached hydrogens (tertiary/aromatic N) is 2. The summed E-state index contributed by atoms with van der Waals surface area (Å²) in [4.78, 5) is 4.05. The van der Waals surface area contributed by atoms with Crippen molar-refractivity contribution in [3.8, 4) is 5.69 Å². The number of halogens is 1. The van der Waals surface area contributed by atoms with Crippen LogP contribution in [0.4, 0.5) is 11.4 Å². The van der Waals surface area contributed by atoms with E-state index in [2.05, 4.69) is 16.4 Å². The fourth-order valence-corrected chi connectivity index (χ4v) is 1.98. The van der Waals surface area contributed by atoms with Crippen molar-refractivity contribution in [3.05, 3.63) is 72.3 Å². The van der Waals surface area contributed by atoms with Crippen molar-refractivity contribution in [3.63, 3.8) is 0 Å². The first-order valence-electron chi connectivity index (χ1n) is 5.92. The fourth-order valence-electron chi connectivity index (χ4n) is 1.86. The summed E-state index contributed by atoms with van der Waals surface area (Å²) in [7, 11) is 0. The van der Waals surface area contributed by atoms with Crippen LogP contribution in [0.2, 0.25) is 5.02 Å². The second-order valence-electron chi connectivity index (χ2n) is 4.15. The molecule has 2 aromatic carbocycles. The second-order valence-corrected chi connectivity index (χ2v) is 4.59. The fraction of sp³-hybridized carbons (Fsp3) is 0. The summed E-state index contributed by atoms with van der Waals surface area (Å²) in [6.07, 6.45) is 5.46. The maximum absolute atomic E-state index is 5.87. The molecular weight excluding hydrogens is 258 g/mol. The van der Waals surface area contributed by atoms with Crippen LogP contribution >= 0.6 is 11.6 Å². The van der Waals surface area contributed by atoms with Crippen LogP contribution < -0.4 is 5.32 Å². The van der Waals surface area contributed by atoms with Gasteiger partial charge in [0.1, 0.15) is 0 Å². The molecule has 3 nitrogen and oxygen atoms in total. The molecule has 3 rings (SSSR count). The van der Waals surface area contributed by atoms with Crippen molar-refractivity contribution >= 4 is 23.0 Å². The number of hydrogen-bond acceptors (Lipinski definition) is 2. The third kappa shape index (κ3) is 2.77. The lowest BCUT2D eigenvalue weighted by Crippen LogP contribution is -1.93. The summed E-state index contributed by atoms with van der Waals surface area (Å²) < 4.78 is 1.97. The maximum Gasteiger partial charge on any atom is 0.0991 e. The van der Waals surface area contributed by atoms with Gasteiger partial charge in [-0.2, -0.15) is 0 Å². The highest BCUT2D eigenvalue weighted by atomic mass is 35.5. The number of anilines is 2. The van der Waals surface area contributed by atoms with Gasteiger partial charge < -0.3 is 9.88 Å². The Labute approximate surface area is 116 Å². The Hall–Kier alpha value is -2.26. The van der Waals surface area contributed by atoms with Gasteiger partial charge in [-0.05, 0) is 42.5 Å². The van der Waals surface area contributed by atoms with Gasteiger partial charge in [-0.3, -0.25) is 0 Å². The molecule has 0 spiro atoms. The Morgan fingerprint density at radius 1 is 1.00 bits per heavy atom. The summed E-state index contributed by atoms with van der Waals surface area (Å²) in [6, 6.07) is 15.8. The van der Waals surface area contributed by atoms with E-state index in [0.29, 0.717) is 0 Å². The van der Waals surface area contributed by atoms with Crippen LogP contribution in [0.3, 0.4) is 0 Å². The van der Waals surface area contributed by atoms with Gasteiger partial charge in [0.25, 0.3) is 0 Å². The molecule has 1 N–H and O–H groups in total. The number of hydrogen-bond donors (Lipinski definition) is 1. The van der Waals surface area contributed by atoms with E-state index in [9.17, 15) is 0 Å². The molecule has 0 fully saturated rings. The molecule has 94 valence electrons. The van der Waals surface area contributed by atoms with E-state index in [-0.39, 0.29) is 0 Å². The largest absolute Gasteiger partial charge is 0.355 e. The van der Waals surface area contributed by atoms with Crippen LogP contribution in [0.1, 0.15) is 0 Å². The number of aromatic nitrogens is 2. The summed E-state index contributed by atoms with van der Waals surface area (Å²) in [5, 5.41) is 4.08. The van der Waals surface area contributed by atoms with Crippen LogP contribution in [0.25, 0.3) is 5.69 Å². The smallest absolute Gasteiger partial charge is 0.0991 e. The Kier molecular flexibility index (Phi) is 3.21. The molecule has 0 aliphatic carbocycles. The van der Waals surface area contributed by atoms with Gasteiger partial charge in [-0.25, -0.2) is 4.98 Å². The van der Waals surface area contributed by atoms with Crippen molar-refractivity contribution in [1.82, 2.24) is 9.55 Å².